The molecule has 0 saturated heterocycles. The molecule has 3 aromatic carbocycles. The second kappa shape index (κ2) is 8.02. The quantitative estimate of drug-likeness (QED) is 0.433. The van der Waals surface area contributed by atoms with Gasteiger partial charge in [0.2, 0.25) is 0 Å². The van der Waals surface area contributed by atoms with Crippen molar-refractivity contribution in [3.05, 3.63) is 100 Å². The largest absolute Gasteiger partial charge is 0.321 e. The molecule has 0 fully saturated rings. The molecule has 25 heavy (non-hydrogen) atoms. The van der Waals surface area contributed by atoms with Crippen molar-refractivity contribution in [1.29, 1.82) is 0 Å². The number of halogens is 2. The summed E-state index contributed by atoms with van der Waals surface area (Å²) in [7, 11) is 0. The van der Waals surface area contributed by atoms with Crippen molar-refractivity contribution < 1.29 is 4.79 Å². The van der Waals surface area contributed by atoms with Gasteiger partial charge in [-0.2, -0.15) is 0 Å². The molecule has 0 aliphatic carbocycles. The molecule has 0 unspecified atom stereocenters. The molecule has 0 atom stereocenters. The van der Waals surface area contributed by atoms with Gasteiger partial charge in [0.1, 0.15) is 0 Å². The fourth-order valence-electron chi connectivity index (χ4n) is 2.40. The number of carbonyl (C=O) groups is 1. The summed E-state index contributed by atoms with van der Waals surface area (Å²) in [5, 5.41) is 3.57. The molecule has 1 amide bonds. The minimum absolute atomic E-state index is 0.251. The first kappa shape index (κ1) is 17.3. The number of carbonyl (C=O) groups excluding carboxylic acids is 1. The molecule has 0 aliphatic heterocycles. The highest BCUT2D eigenvalue weighted by atomic mass is 35.5. The normalized spacial score (nSPS) is 11.2. The van der Waals surface area contributed by atoms with Gasteiger partial charge in [0.15, 0.2) is 0 Å². The van der Waals surface area contributed by atoms with Crippen LogP contribution >= 0.6 is 23.2 Å². The van der Waals surface area contributed by atoms with E-state index in [2.05, 4.69) is 5.32 Å². The minimum atomic E-state index is -0.251. The Kier molecular flexibility index (Phi) is 5.54. The standard InChI is InChI=1S/C21H15Cl2NO/c22-18-12-7-13-19(20(18)23)24-21(25)17(16-10-5-2-6-11-16)14-15-8-3-1-4-9-15/h1-14H,(H,24,25). The molecule has 124 valence electrons. The molecule has 3 rings (SSSR count). The second-order valence-electron chi connectivity index (χ2n) is 5.39. The van der Waals surface area contributed by atoms with E-state index in [9.17, 15) is 4.79 Å². The van der Waals surface area contributed by atoms with Crippen molar-refractivity contribution in [2.45, 2.75) is 0 Å². The van der Waals surface area contributed by atoms with E-state index in [0.717, 1.165) is 11.1 Å². The van der Waals surface area contributed by atoms with Crippen LogP contribution in [0.2, 0.25) is 10.0 Å². The van der Waals surface area contributed by atoms with Crippen LogP contribution in [0.25, 0.3) is 11.6 Å². The van der Waals surface area contributed by atoms with Crippen molar-refractivity contribution in [3.63, 3.8) is 0 Å². The van der Waals surface area contributed by atoms with Crippen LogP contribution in [0, 0.1) is 0 Å². The monoisotopic (exact) mass is 367 g/mol. The Morgan fingerprint density at radius 2 is 1.44 bits per heavy atom. The van der Waals surface area contributed by atoms with E-state index in [1.807, 2.05) is 66.7 Å². The van der Waals surface area contributed by atoms with Gasteiger partial charge in [-0.3, -0.25) is 4.79 Å². The molecule has 2 nitrogen and oxygen atoms in total. The zero-order valence-electron chi connectivity index (χ0n) is 13.2. The van der Waals surface area contributed by atoms with Gasteiger partial charge < -0.3 is 5.32 Å². The van der Waals surface area contributed by atoms with E-state index in [1.165, 1.54) is 0 Å². The van der Waals surface area contributed by atoms with Gasteiger partial charge in [-0.25, -0.2) is 0 Å². The van der Waals surface area contributed by atoms with E-state index in [4.69, 9.17) is 23.2 Å². The molecule has 1 N–H and O–H groups in total. The van der Waals surface area contributed by atoms with Crippen LogP contribution in [0.5, 0.6) is 0 Å². The van der Waals surface area contributed by atoms with Gasteiger partial charge in [0, 0.05) is 5.57 Å². The number of hydrogen-bond acceptors (Lipinski definition) is 1. The van der Waals surface area contributed by atoms with Crippen molar-refractivity contribution >= 4 is 46.4 Å². The summed E-state index contributed by atoms with van der Waals surface area (Å²) in [6.07, 6.45) is 1.85. The number of benzene rings is 3. The fourth-order valence-corrected chi connectivity index (χ4v) is 2.75. The van der Waals surface area contributed by atoms with Gasteiger partial charge in [0.05, 0.1) is 15.7 Å². The molecular formula is C21H15Cl2NO. The molecule has 0 radical (unpaired) electrons. The van der Waals surface area contributed by atoms with Gasteiger partial charge in [-0.05, 0) is 29.3 Å². The Morgan fingerprint density at radius 1 is 0.800 bits per heavy atom. The van der Waals surface area contributed by atoms with Crippen LogP contribution in [0.4, 0.5) is 5.69 Å². The highest BCUT2D eigenvalue weighted by molar-refractivity contribution is 6.44. The maximum absolute atomic E-state index is 12.9. The molecule has 0 heterocycles. The smallest absolute Gasteiger partial charge is 0.256 e. The lowest BCUT2D eigenvalue weighted by atomic mass is 10.0. The molecule has 0 bridgehead atoms. The predicted molar refractivity (Wildman–Crippen MR) is 106 cm³/mol. The third kappa shape index (κ3) is 4.30. The summed E-state index contributed by atoms with van der Waals surface area (Å²) in [4.78, 5) is 12.9. The van der Waals surface area contributed by atoms with E-state index in [0.29, 0.717) is 21.3 Å². The molecular weight excluding hydrogens is 353 g/mol. The van der Waals surface area contributed by atoms with Crippen LogP contribution in [0.1, 0.15) is 11.1 Å². The third-order valence-corrected chi connectivity index (χ3v) is 4.46. The molecule has 0 saturated carbocycles. The van der Waals surface area contributed by atoms with Crippen LogP contribution in [0.3, 0.4) is 0 Å². The Labute approximate surface area is 156 Å². The highest BCUT2D eigenvalue weighted by Gasteiger charge is 2.14. The van der Waals surface area contributed by atoms with E-state index in [1.54, 1.807) is 18.2 Å². The number of nitrogens with one attached hydrogen (secondary N) is 1. The maximum atomic E-state index is 12.9. The van der Waals surface area contributed by atoms with Crippen molar-refractivity contribution in [2.75, 3.05) is 5.32 Å². The zero-order chi connectivity index (χ0) is 17.6. The summed E-state index contributed by atoms with van der Waals surface area (Å²) >= 11 is 12.2. The summed E-state index contributed by atoms with van der Waals surface area (Å²) in [5.74, 6) is -0.251. The van der Waals surface area contributed by atoms with E-state index < -0.39 is 0 Å². The lowest BCUT2D eigenvalue weighted by Gasteiger charge is -2.11. The van der Waals surface area contributed by atoms with E-state index in [-0.39, 0.29) is 5.91 Å². The van der Waals surface area contributed by atoms with Gasteiger partial charge in [0.25, 0.3) is 5.91 Å². The van der Waals surface area contributed by atoms with Crippen LogP contribution in [-0.4, -0.2) is 5.91 Å². The Hall–Kier alpha value is -2.55. The van der Waals surface area contributed by atoms with Crippen LogP contribution < -0.4 is 5.32 Å². The molecule has 4 heteroatoms. The van der Waals surface area contributed by atoms with Gasteiger partial charge in [-0.15, -0.1) is 0 Å². The Morgan fingerprint density at radius 3 is 2.12 bits per heavy atom. The predicted octanol–water partition coefficient (Wildman–Crippen LogP) is 6.17. The van der Waals surface area contributed by atoms with Crippen molar-refractivity contribution in [3.8, 4) is 0 Å². The molecule has 3 aromatic rings. The maximum Gasteiger partial charge on any atom is 0.256 e. The lowest BCUT2D eigenvalue weighted by Crippen LogP contribution is -2.14. The molecule has 0 spiro atoms. The summed E-state index contributed by atoms with van der Waals surface area (Å²) < 4.78 is 0. The van der Waals surface area contributed by atoms with Crippen molar-refractivity contribution in [2.24, 2.45) is 0 Å². The summed E-state index contributed by atoms with van der Waals surface area (Å²) in [5.41, 5.74) is 2.78. The summed E-state index contributed by atoms with van der Waals surface area (Å²) in [6, 6.07) is 24.3. The second-order valence-corrected chi connectivity index (χ2v) is 6.18. The van der Waals surface area contributed by atoms with Crippen LogP contribution in [-0.2, 0) is 4.79 Å². The minimum Gasteiger partial charge on any atom is -0.321 e. The number of amides is 1. The zero-order valence-corrected chi connectivity index (χ0v) is 14.8. The van der Waals surface area contributed by atoms with Crippen LogP contribution in [0.15, 0.2) is 78.9 Å². The first-order valence-electron chi connectivity index (χ1n) is 7.72. The van der Waals surface area contributed by atoms with Crippen molar-refractivity contribution in [1.82, 2.24) is 0 Å². The Bertz CT molecular complexity index is 906. The number of hydrogen-bond donors (Lipinski definition) is 1. The van der Waals surface area contributed by atoms with E-state index >= 15 is 0 Å². The average molecular weight is 368 g/mol. The lowest BCUT2D eigenvalue weighted by molar-refractivity contribution is -0.111. The average Bonchev–Trinajstić information content (AvgIpc) is 2.65. The summed E-state index contributed by atoms with van der Waals surface area (Å²) in [6.45, 7) is 0. The number of anilines is 1. The Balaban J connectivity index is 1.98. The topological polar surface area (TPSA) is 29.1 Å². The van der Waals surface area contributed by atoms with Gasteiger partial charge >= 0.3 is 0 Å². The SMILES string of the molecule is O=C(Nc1cccc(Cl)c1Cl)C(=Cc1ccccc1)c1ccccc1. The molecule has 0 aliphatic rings. The highest BCUT2D eigenvalue weighted by Crippen LogP contribution is 2.30. The fraction of sp³-hybridized carbons (Fsp3) is 0. The first-order chi connectivity index (χ1) is 12.1. The van der Waals surface area contributed by atoms with Gasteiger partial charge in [-0.1, -0.05) is 89.9 Å². The molecule has 0 aromatic heterocycles. The first-order valence-corrected chi connectivity index (χ1v) is 8.48. The number of rotatable bonds is 4. The third-order valence-electron chi connectivity index (χ3n) is 3.64.